The zero-order valence-electron chi connectivity index (χ0n) is 14.9. The van der Waals surface area contributed by atoms with E-state index < -0.39 is 0 Å². The molecule has 0 spiro atoms. The Morgan fingerprint density at radius 3 is 2.71 bits per heavy atom. The number of amides is 1. The molecule has 2 N–H and O–H groups in total. The fourth-order valence-electron chi connectivity index (χ4n) is 3.14. The topological polar surface area (TPSA) is 70.2 Å². The van der Waals surface area contributed by atoms with Crippen LogP contribution in [0, 0.1) is 5.82 Å². The van der Waals surface area contributed by atoms with E-state index in [-0.39, 0.29) is 17.8 Å². The summed E-state index contributed by atoms with van der Waals surface area (Å²) in [6.45, 7) is 2.15. The number of morpholine rings is 1. The van der Waals surface area contributed by atoms with Crippen LogP contribution in [0.25, 0.3) is 0 Å². The zero-order chi connectivity index (χ0) is 19.5. The standard InChI is InChI=1S/C20H18ClFN4O2/c21-17-9-13(19-12-23-7-8-28-19)1-6-18(17)26(16-4-2-15(22)3-5-16)20(27)14-10-24-25-11-14/h1-6,9-11,19,23H,7-8,12H2,(H,24,25). The van der Waals surface area contributed by atoms with Gasteiger partial charge in [0, 0.05) is 25.0 Å². The van der Waals surface area contributed by atoms with E-state index in [2.05, 4.69) is 15.5 Å². The highest BCUT2D eigenvalue weighted by Gasteiger charge is 2.24. The van der Waals surface area contributed by atoms with Gasteiger partial charge in [-0.15, -0.1) is 0 Å². The molecule has 28 heavy (non-hydrogen) atoms. The number of nitrogens with zero attached hydrogens (tertiary/aromatic N) is 2. The number of aromatic nitrogens is 2. The second-order valence-electron chi connectivity index (χ2n) is 6.38. The van der Waals surface area contributed by atoms with Crippen LogP contribution in [0.15, 0.2) is 54.9 Å². The van der Waals surface area contributed by atoms with Gasteiger partial charge in [0.15, 0.2) is 0 Å². The van der Waals surface area contributed by atoms with Gasteiger partial charge in [0.05, 0.1) is 35.2 Å². The first-order valence-electron chi connectivity index (χ1n) is 8.84. The first-order valence-corrected chi connectivity index (χ1v) is 9.22. The van der Waals surface area contributed by atoms with Gasteiger partial charge in [0.25, 0.3) is 5.91 Å². The Morgan fingerprint density at radius 2 is 2.07 bits per heavy atom. The minimum absolute atomic E-state index is 0.0934. The molecular weight excluding hydrogens is 383 g/mol. The smallest absolute Gasteiger partial charge is 0.266 e. The van der Waals surface area contributed by atoms with Gasteiger partial charge in [-0.1, -0.05) is 17.7 Å². The minimum Gasteiger partial charge on any atom is -0.371 e. The van der Waals surface area contributed by atoms with E-state index in [9.17, 15) is 9.18 Å². The van der Waals surface area contributed by atoms with Gasteiger partial charge < -0.3 is 10.1 Å². The SMILES string of the molecule is O=C(c1cn[nH]c1)N(c1ccc(F)cc1)c1ccc(C2CNCCO2)cc1Cl. The lowest BCUT2D eigenvalue weighted by atomic mass is 10.1. The van der Waals surface area contributed by atoms with Gasteiger partial charge in [-0.05, 0) is 42.0 Å². The van der Waals surface area contributed by atoms with E-state index in [1.165, 1.54) is 41.6 Å². The van der Waals surface area contributed by atoms with Crippen LogP contribution in [0.3, 0.4) is 0 Å². The van der Waals surface area contributed by atoms with Gasteiger partial charge in [-0.25, -0.2) is 4.39 Å². The molecule has 2 heterocycles. The molecule has 8 heteroatoms. The fraction of sp³-hybridized carbons (Fsp3) is 0.200. The summed E-state index contributed by atoms with van der Waals surface area (Å²) < 4.78 is 19.2. The number of hydrogen-bond acceptors (Lipinski definition) is 4. The van der Waals surface area contributed by atoms with Crippen molar-refractivity contribution in [2.75, 3.05) is 24.6 Å². The van der Waals surface area contributed by atoms with Crippen LogP contribution in [-0.2, 0) is 4.74 Å². The fourth-order valence-corrected chi connectivity index (χ4v) is 3.41. The number of rotatable bonds is 4. The van der Waals surface area contributed by atoms with Crippen molar-refractivity contribution in [3.05, 3.63) is 76.8 Å². The molecule has 0 saturated carbocycles. The number of aromatic amines is 1. The second-order valence-corrected chi connectivity index (χ2v) is 6.79. The first kappa shape index (κ1) is 18.6. The highest BCUT2D eigenvalue weighted by Crippen LogP contribution is 2.35. The van der Waals surface area contributed by atoms with Crippen LogP contribution >= 0.6 is 11.6 Å². The normalized spacial score (nSPS) is 16.7. The van der Waals surface area contributed by atoms with Crippen LogP contribution in [0.4, 0.5) is 15.8 Å². The van der Waals surface area contributed by atoms with Crippen molar-refractivity contribution in [2.45, 2.75) is 6.10 Å². The van der Waals surface area contributed by atoms with Gasteiger partial charge in [-0.2, -0.15) is 5.10 Å². The number of hydrogen-bond donors (Lipinski definition) is 2. The summed E-state index contributed by atoms with van der Waals surface area (Å²) in [4.78, 5) is 14.6. The van der Waals surface area contributed by atoms with Crippen LogP contribution in [-0.4, -0.2) is 35.8 Å². The van der Waals surface area contributed by atoms with Crippen molar-refractivity contribution < 1.29 is 13.9 Å². The van der Waals surface area contributed by atoms with Crippen molar-refractivity contribution in [3.8, 4) is 0 Å². The van der Waals surface area contributed by atoms with Crippen molar-refractivity contribution in [3.63, 3.8) is 0 Å². The second kappa shape index (κ2) is 8.10. The molecule has 1 saturated heterocycles. The number of carbonyl (C=O) groups is 1. The van der Waals surface area contributed by atoms with Crippen LogP contribution < -0.4 is 10.2 Å². The maximum Gasteiger partial charge on any atom is 0.266 e. The van der Waals surface area contributed by atoms with Gasteiger partial charge in [-0.3, -0.25) is 14.8 Å². The van der Waals surface area contributed by atoms with Crippen LogP contribution in [0.5, 0.6) is 0 Å². The number of benzene rings is 2. The molecule has 0 radical (unpaired) electrons. The maximum atomic E-state index is 13.4. The zero-order valence-corrected chi connectivity index (χ0v) is 15.6. The molecule has 4 rings (SSSR count). The minimum atomic E-state index is -0.386. The molecule has 1 atom stereocenters. The monoisotopic (exact) mass is 400 g/mol. The number of halogens is 2. The molecule has 144 valence electrons. The number of anilines is 2. The molecule has 1 fully saturated rings. The van der Waals surface area contributed by atoms with Gasteiger partial charge >= 0.3 is 0 Å². The number of ether oxygens (including phenoxy) is 1. The van der Waals surface area contributed by atoms with E-state index in [4.69, 9.17) is 16.3 Å². The molecule has 1 aliphatic heterocycles. The number of carbonyl (C=O) groups excluding carboxylic acids is 1. The quantitative estimate of drug-likeness (QED) is 0.698. The lowest BCUT2D eigenvalue weighted by Crippen LogP contribution is -2.33. The predicted octanol–water partition coefficient (Wildman–Crippen LogP) is 3.84. The summed E-state index contributed by atoms with van der Waals surface area (Å²) in [5.41, 5.74) is 2.28. The molecule has 1 amide bonds. The van der Waals surface area contributed by atoms with E-state index in [1.54, 1.807) is 12.1 Å². The molecule has 1 aliphatic rings. The number of H-pyrrole nitrogens is 1. The van der Waals surface area contributed by atoms with E-state index in [0.717, 1.165) is 12.1 Å². The lowest BCUT2D eigenvalue weighted by Gasteiger charge is -2.27. The van der Waals surface area contributed by atoms with Gasteiger partial charge in [0.1, 0.15) is 5.82 Å². The summed E-state index contributed by atoms with van der Waals surface area (Å²) in [7, 11) is 0. The predicted molar refractivity (Wildman–Crippen MR) is 104 cm³/mol. The summed E-state index contributed by atoms with van der Waals surface area (Å²) in [5, 5.41) is 10.1. The van der Waals surface area contributed by atoms with E-state index in [0.29, 0.717) is 35.1 Å². The third-order valence-corrected chi connectivity index (χ3v) is 4.85. The summed E-state index contributed by atoms with van der Waals surface area (Å²) in [5.74, 6) is -0.714. The third kappa shape index (κ3) is 3.77. The Bertz CT molecular complexity index is 957. The van der Waals surface area contributed by atoms with Crippen LogP contribution in [0.2, 0.25) is 5.02 Å². The summed E-state index contributed by atoms with van der Waals surface area (Å²) >= 11 is 6.56. The molecule has 1 unspecified atom stereocenters. The maximum absolute atomic E-state index is 13.4. The highest BCUT2D eigenvalue weighted by molar-refractivity contribution is 6.34. The Morgan fingerprint density at radius 1 is 1.25 bits per heavy atom. The summed E-state index contributed by atoms with van der Waals surface area (Å²) in [6, 6.07) is 11.1. The van der Waals surface area contributed by atoms with Gasteiger partial charge in [0.2, 0.25) is 0 Å². The van der Waals surface area contributed by atoms with Crippen molar-refractivity contribution in [1.82, 2.24) is 15.5 Å². The molecule has 2 aromatic carbocycles. The van der Waals surface area contributed by atoms with Crippen LogP contribution in [0.1, 0.15) is 22.0 Å². The van der Waals surface area contributed by atoms with Crippen molar-refractivity contribution >= 4 is 28.9 Å². The molecule has 1 aromatic heterocycles. The lowest BCUT2D eigenvalue weighted by molar-refractivity contribution is 0.0277. The molecule has 0 bridgehead atoms. The Kier molecular flexibility index (Phi) is 5.38. The Balaban J connectivity index is 1.73. The Labute approximate surface area is 166 Å². The van der Waals surface area contributed by atoms with E-state index >= 15 is 0 Å². The van der Waals surface area contributed by atoms with Crippen molar-refractivity contribution in [2.24, 2.45) is 0 Å². The molecule has 6 nitrogen and oxygen atoms in total. The highest BCUT2D eigenvalue weighted by atomic mass is 35.5. The average molecular weight is 401 g/mol. The Hall–Kier alpha value is -2.74. The average Bonchev–Trinajstić information content (AvgIpc) is 3.26. The number of nitrogens with one attached hydrogen (secondary N) is 2. The largest absolute Gasteiger partial charge is 0.371 e. The summed E-state index contributed by atoms with van der Waals surface area (Å²) in [6.07, 6.45) is 2.84. The van der Waals surface area contributed by atoms with E-state index in [1.807, 2.05) is 6.07 Å². The molecule has 0 aliphatic carbocycles. The first-order chi connectivity index (χ1) is 13.6. The third-order valence-electron chi connectivity index (χ3n) is 4.55. The molecular formula is C20H18ClFN4O2. The molecule has 3 aromatic rings. The van der Waals surface area contributed by atoms with Crippen molar-refractivity contribution in [1.29, 1.82) is 0 Å².